The second kappa shape index (κ2) is 8.10. The number of thiophene rings is 1. The van der Waals surface area contributed by atoms with E-state index in [9.17, 15) is 14.0 Å². The van der Waals surface area contributed by atoms with Gasteiger partial charge in [0.15, 0.2) is 5.78 Å². The zero-order chi connectivity index (χ0) is 15.9. The summed E-state index contributed by atoms with van der Waals surface area (Å²) in [5, 5.41) is 2.84. The van der Waals surface area contributed by atoms with Crippen molar-refractivity contribution in [2.45, 2.75) is 18.2 Å². The molecule has 6 heteroatoms. The van der Waals surface area contributed by atoms with Crippen LogP contribution in [0.5, 0.6) is 0 Å². The number of Topliss-reactive ketones (excluding diaryl/α,β-unsaturated/α-hetero) is 1. The Morgan fingerprint density at radius 3 is 2.55 bits per heavy atom. The molecule has 0 saturated heterocycles. The van der Waals surface area contributed by atoms with E-state index in [-0.39, 0.29) is 17.5 Å². The number of thioether (sulfide) groups is 1. The highest BCUT2D eigenvalue weighted by molar-refractivity contribution is 8.00. The van der Waals surface area contributed by atoms with E-state index < -0.39 is 0 Å². The molecular formula is C16H16FNO2S2. The molecule has 116 valence electrons. The summed E-state index contributed by atoms with van der Waals surface area (Å²) < 4.78 is 12.8. The molecule has 3 nitrogen and oxygen atoms in total. The lowest BCUT2D eigenvalue weighted by Crippen LogP contribution is -2.27. The summed E-state index contributed by atoms with van der Waals surface area (Å²) in [6.07, 6.45) is 0.713. The van der Waals surface area contributed by atoms with E-state index in [1.807, 2.05) is 12.1 Å². The highest BCUT2D eigenvalue weighted by Crippen LogP contribution is 2.18. The number of halogens is 1. The average Bonchev–Trinajstić information content (AvgIpc) is 2.96. The first-order chi connectivity index (χ1) is 10.5. The van der Waals surface area contributed by atoms with Gasteiger partial charge in [0.1, 0.15) is 5.82 Å². The third-order valence-electron chi connectivity index (χ3n) is 2.89. The van der Waals surface area contributed by atoms with Crippen LogP contribution >= 0.6 is 23.1 Å². The third kappa shape index (κ3) is 5.27. The van der Waals surface area contributed by atoms with E-state index in [2.05, 4.69) is 5.32 Å². The number of carbonyl (C=O) groups excluding carboxylic acids is 2. The summed E-state index contributed by atoms with van der Waals surface area (Å²) in [5.74, 6) is 0.0257. The average molecular weight is 337 g/mol. The molecule has 0 aliphatic rings. The van der Waals surface area contributed by atoms with E-state index >= 15 is 0 Å². The molecule has 0 atom stereocenters. The predicted molar refractivity (Wildman–Crippen MR) is 88.2 cm³/mol. The van der Waals surface area contributed by atoms with Gasteiger partial charge < -0.3 is 5.32 Å². The first-order valence-corrected chi connectivity index (χ1v) is 8.59. The number of rotatable bonds is 7. The van der Waals surface area contributed by atoms with Crippen LogP contribution in [-0.4, -0.2) is 24.0 Å². The summed E-state index contributed by atoms with van der Waals surface area (Å²) in [4.78, 5) is 25.6. The molecule has 2 aromatic rings. The Hall–Kier alpha value is -1.66. The summed E-state index contributed by atoms with van der Waals surface area (Å²) in [6, 6.07) is 9.80. The molecular weight excluding hydrogens is 321 g/mol. The maximum Gasteiger partial charge on any atom is 0.230 e. The predicted octanol–water partition coefficient (Wildman–Crippen LogP) is 3.54. The number of nitrogens with one attached hydrogen (secondary N) is 1. The Balaban J connectivity index is 1.69. The number of carbonyl (C=O) groups is 2. The van der Waals surface area contributed by atoms with Gasteiger partial charge in [-0.3, -0.25) is 9.59 Å². The van der Waals surface area contributed by atoms with Crippen LogP contribution < -0.4 is 5.32 Å². The van der Waals surface area contributed by atoms with Gasteiger partial charge in [-0.1, -0.05) is 0 Å². The smallest absolute Gasteiger partial charge is 0.230 e. The largest absolute Gasteiger partial charge is 0.355 e. The van der Waals surface area contributed by atoms with Crippen LogP contribution in [0.2, 0.25) is 0 Å². The van der Waals surface area contributed by atoms with Crippen LogP contribution in [0.3, 0.4) is 0 Å². The topological polar surface area (TPSA) is 46.2 Å². The van der Waals surface area contributed by atoms with Gasteiger partial charge in [-0.25, -0.2) is 4.39 Å². The minimum Gasteiger partial charge on any atom is -0.355 e. The molecule has 0 bridgehead atoms. The number of ketones is 1. The van der Waals surface area contributed by atoms with Gasteiger partial charge in [0, 0.05) is 16.3 Å². The summed E-state index contributed by atoms with van der Waals surface area (Å²) in [6.45, 7) is 2.09. The van der Waals surface area contributed by atoms with Crippen LogP contribution in [-0.2, 0) is 11.2 Å². The van der Waals surface area contributed by atoms with Gasteiger partial charge in [-0.2, -0.15) is 0 Å². The fraction of sp³-hybridized carbons (Fsp3) is 0.250. The highest BCUT2D eigenvalue weighted by Gasteiger charge is 2.06. The number of hydrogen-bond acceptors (Lipinski definition) is 4. The molecule has 0 unspecified atom stereocenters. The Kier molecular flexibility index (Phi) is 6.15. The zero-order valence-corrected chi connectivity index (χ0v) is 13.7. The minimum atomic E-state index is -0.283. The third-order valence-corrected chi connectivity index (χ3v) is 5.14. The second-order valence-electron chi connectivity index (χ2n) is 4.66. The second-order valence-corrected chi connectivity index (χ2v) is 6.88. The van der Waals surface area contributed by atoms with Crippen LogP contribution in [0.15, 0.2) is 41.3 Å². The number of benzene rings is 1. The zero-order valence-electron chi connectivity index (χ0n) is 12.1. The molecule has 1 heterocycles. The first-order valence-electron chi connectivity index (χ1n) is 6.79. The van der Waals surface area contributed by atoms with Crippen molar-refractivity contribution in [3.8, 4) is 0 Å². The van der Waals surface area contributed by atoms with Crippen molar-refractivity contribution in [2.24, 2.45) is 0 Å². The van der Waals surface area contributed by atoms with Crippen LogP contribution in [0.25, 0.3) is 0 Å². The Morgan fingerprint density at radius 1 is 1.18 bits per heavy atom. The Labute approximate surface area is 136 Å². The van der Waals surface area contributed by atoms with Crippen molar-refractivity contribution in [3.63, 3.8) is 0 Å². The Morgan fingerprint density at radius 2 is 1.91 bits per heavy atom. The van der Waals surface area contributed by atoms with E-state index in [0.29, 0.717) is 18.7 Å². The van der Waals surface area contributed by atoms with Crippen LogP contribution in [0, 0.1) is 5.82 Å². The molecule has 1 amide bonds. The van der Waals surface area contributed by atoms with Gasteiger partial charge >= 0.3 is 0 Å². The van der Waals surface area contributed by atoms with Crippen molar-refractivity contribution in [2.75, 3.05) is 12.3 Å². The van der Waals surface area contributed by atoms with Gasteiger partial charge in [-0.15, -0.1) is 23.1 Å². The van der Waals surface area contributed by atoms with E-state index in [1.54, 1.807) is 19.1 Å². The molecule has 0 aliphatic heterocycles. The van der Waals surface area contributed by atoms with Crippen molar-refractivity contribution in [1.29, 1.82) is 0 Å². The van der Waals surface area contributed by atoms with Crippen molar-refractivity contribution >= 4 is 34.8 Å². The van der Waals surface area contributed by atoms with Gasteiger partial charge in [0.25, 0.3) is 0 Å². The number of hydrogen-bond donors (Lipinski definition) is 1. The molecule has 2 rings (SSSR count). The molecule has 0 saturated carbocycles. The first kappa shape index (κ1) is 16.7. The highest BCUT2D eigenvalue weighted by atomic mass is 32.2. The molecule has 0 radical (unpaired) electrons. The normalized spacial score (nSPS) is 10.5. The molecule has 0 fully saturated rings. The Bertz CT molecular complexity index is 652. The molecule has 1 aromatic carbocycles. The van der Waals surface area contributed by atoms with Crippen molar-refractivity contribution < 1.29 is 14.0 Å². The fourth-order valence-corrected chi connectivity index (χ4v) is 3.39. The van der Waals surface area contributed by atoms with Crippen molar-refractivity contribution in [1.82, 2.24) is 5.32 Å². The van der Waals surface area contributed by atoms with Gasteiger partial charge in [-0.05, 0) is 49.7 Å². The SMILES string of the molecule is CC(=O)c1ccc(CCNC(=O)CSc2ccc(F)cc2)s1. The molecule has 0 spiro atoms. The van der Waals surface area contributed by atoms with Gasteiger partial charge in [0.2, 0.25) is 5.91 Å². The standard InChI is InChI=1S/C16H16FNO2S2/c1-11(19)15-7-6-14(22-15)8-9-18-16(20)10-21-13-4-2-12(17)3-5-13/h2-7H,8-10H2,1H3,(H,18,20). The van der Waals surface area contributed by atoms with Crippen LogP contribution in [0.4, 0.5) is 4.39 Å². The van der Waals surface area contributed by atoms with E-state index in [4.69, 9.17) is 0 Å². The lowest BCUT2D eigenvalue weighted by molar-refractivity contribution is -0.118. The van der Waals surface area contributed by atoms with Gasteiger partial charge in [0.05, 0.1) is 10.6 Å². The maximum absolute atomic E-state index is 12.8. The monoisotopic (exact) mass is 337 g/mol. The molecule has 1 N–H and O–H groups in total. The summed E-state index contributed by atoms with van der Waals surface area (Å²) in [5.41, 5.74) is 0. The number of amides is 1. The quantitative estimate of drug-likeness (QED) is 0.621. The van der Waals surface area contributed by atoms with Crippen LogP contribution in [0.1, 0.15) is 21.5 Å². The maximum atomic E-state index is 12.8. The van der Waals surface area contributed by atoms with E-state index in [0.717, 1.165) is 14.6 Å². The minimum absolute atomic E-state index is 0.0577. The lowest BCUT2D eigenvalue weighted by atomic mass is 10.3. The summed E-state index contributed by atoms with van der Waals surface area (Å²) in [7, 11) is 0. The lowest BCUT2D eigenvalue weighted by Gasteiger charge is -2.04. The molecule has 0 aliphatic carbocycles. The van der Waals surface area contributed by atoms with Crippen molar-refractivity contribution in [3.05, 3.63) is 52.0 Å². The molecule has 22 heavy (non-hydrogen) atoms. The molecule has 1 aromatic heterocycles. The fourth-order valence-electron chi connectivity index (χ4n) is 1.76. The summed E-state index contributed by atoms with van der Waals surface area (Å²) >= 11 is 2.83. The van der Waals surface area contributed by atoms with E-state index in [1.165, 1.54) is 35.2 Å².